The zero-order valence-electron chi connectivity index (χ0n) is 25.1. The predicted molar refractivity (Wildman–Crippen MR) is 168 cm³/mol. The van der Waals surface area contributed by atoms with Gasteiger partial charge in [0.1, 0.15) is 22.9 Å². The number of rotatable bonds is 10. The number of pyridine rings is 2. The van der Waals surface area contributed by atoms with Gasteiger partial charge in [0.2, 0.25) is 19.0 Å². The summed E-state index contributed by atoms with van der Waals surface area (Å²) in [5, 5.41) is 24.4. The van der Waals surface area contributed by atoms with Crippen LogP contribution in [0.1, 0.15) is 12.0 Å². The van der Waals surface area contributed by atoms with E-state index in [1.165, 1.54) is 28.8 Å². The highest BCUT2D eigenvalue weighted by atomic mass is 32.2. The second-order valence-electron chi connectivity index (χ2n) is 11.3. The molecule has 0 bridgehead atoms. The molecule has 5 heterocycles. The average molecular weight is 657 g/mol. The third-order valence-corrected chi connectivity index (χ3v) is 9.29. The van der Waals surface area contributed by atoms with E-state index in [4.69, 9.17) is 0 Å². The van der Waals surface area contributed by atoms with Crippen LogP contribution >= 0.6 is 11.8 Å². The van der Waals surface area contributed by atoms with Crippen molar-refractivity contribution in [2.75, 3.05) is 17.6 Å². The fourth-order valence-electron chi connectivity index (χ4n) is 5.67. The first-order chi connectivity index (χ1) is 22.7. The highest BCUT2D eigenvalue weighted by molar-refractivity contribution is 8.00. The Hall–Kier alpha value is -5.50. The zero-order valence-corrected chi connectivity index (χ0v) is 25.9. The molecule has 2 aromatic heterocycles. The molecule has 3 aliphatic rings. The lowest BCUT2D eigenvalue weighted by Gasteiger charge is -2.49. The van der Waals surface area contributed by atoms with Crippen LogP contribution in [0.4, 0.5) is 5.69 Å². The summed E-state index contributed by atoms with van der Waals surface area (Å²) < 4.78 is 3.38. The van der Waals surface area contributed by atoms with Crippen molar-refractivity contribution in [1.82, 2.24) is 15.1 Å². The van der Waals surface area contributed by atoms with Gasteiger partial charge in [-0.15, -0.1) is 11.8 Å². The first-order valence-electron chi connectivity index (χ1n) is 14.9. The second kappa shape index (κ2) is 13.5. The Balaban J connectivity index is 1.06. The Bertz CT molecular complexity index is 1790. The molecule has 2 atom stereocenters. The number of carboxylic acid groups (broad SMARTS) is 1. The summed E-state index contributed by atoms with van der Waals surface area (Å²) >= 11 is 1.35. The number of amides is 4. The van der Waals surface area contributed by atoms with Crippen LogP contribution in [0, 0.1) is 0 Å². The predicted octanol–water partition coefficient (Wildman–Crippen LogP) is 0.703. The molecular formula is C33H32N6O7S+2. The number of carbonyl (C=O) groups is 5. The summed E-state index contributed by atoms with van der Waals surface area (Å²) in [4.78, 5) is 66.5. The number of anilines is 1. The van der Waals surface area contributed by atoms with Gasteiger partial charge in [0.05, 0.1) is 0 Å². The molecule has 0 radical (unpaired) electrons. The highest BCUT2D eigenvalue weighted by Gasteiger charge is 2.54. The van der Waals surface area contributed by atoms with Gasteiger partial charge in [0.25, 0.3) is 17.7 Å². The third-order valence-electron chi connectivity index (χ3n) is 7.99. The van der Waals surface area contributed by atoms with E-state index in [-0.39, 0.29) is 48.0 Å². The molecule has 2 fully saturated rings. The van der Waals surface area contributed by atoms with Gasteiger partial charge in [0, 0.05) is 54.4 Å². The molecule has 3 aliphatic heterocycles. The van der Waals surface area contributed by atoms with E-state index in [1.54, 1.807) is 69.2 Å². The van der Waals surface area contributed by atoms with Crippen molar-refractivity contribution in [3.05, 3.63) is 108 Å². The number of hydrogen-bond donors (Lipinski definition) is 4. The topological polar surface area (TPSA) is 164 Å². The molecule has 1 aromatic carbocycles. The summed E-state index contributed by atoms with van der Waals surface area (Å²) in [5.74, 6) is -2.18. The lowest BCUT2D eigenvalue weighted by Crippen LogP contribution is -2.71. The molecule has 3 aromatic rings. The number of thioether (sulfide) groups is 1. The minimum absolute atomic E-state index is 0.0296. The lowest BCUT2D eigenvalue weighted by atomic mass is 10.0. The highest BCUT2D eigenvalue weighted by Crippen LogP contribution is 2.41. The summed E-state index contributed by atoms with van der Waals surface area (Å²) in [6, 6.07) is 14.4. The molecule has 0 saturated carbocycles. The van der Waals surface area contributed by atoms with Crippen molar-refractivity contribution in [3.63, 3.8) is 0 Å². The van der Waals surface area contributed by atoms with Crippen LogP contribution in [-0.4, -0.2) is 73.3 Å². The maximum absolute atomic E-state index is 13.3. The van der Waals surface area contributed by atoms with E-state index in [2.05, 4.69) is 10.6 Å². The fourth-order valence-corrected chi connectivity index (χ4v) is 6.98. The molecule has 2 unspecified atom stereocenters. The van der Waals surface area contributed by atoms with E-state index in [0.717, 1.165) is 5.56 Å². The molecule has 2 saturated heterocycles. The number of aromatic hydroxyl groups is 1. The van der Waals surface area contributed by atoms with E-state index < -0.39 is 23.3 Å². The number of β-lactam (4-membered cyclic amide) rings is 1. The molecule has 14 heteroatoms. The number of nitrogens with one attached hydrogen (secondary N) is 2. The number of carbonyl (C=O) groups excluding carboxylic acids is 4. The van der Waals surface area contributed by atoms with Crippen molar-refractivity contribution >= 4 is 47.0 Å². The fraction of sp³-hybridized carbons (Fsp3) is 0.242. The van der Waals surface area contributed by atoms with Gasteiger partial charge in [0.15, 0.2) is 24.8 Å². The van der Waals surface area contributed by atoms with Crippen LogP contribution in [0.25, 0.3) is 0 Å². The number of hydrogen-bond acceptors (Lipinski definition) is 7. The maximum atomic E-state index is 13.3. The van der Waals surface area contributed by atoms with Crippen LogP contribution < -0.4 is 19.8 Å². The summed E-state index contributed by atoms with van der Waals surface area (Å²) in [5.41, 5.74) is 2.12. The van der Waals surface area contributed by atoms with E-state index in [9.17, 15) is 34.2 Å². The molecular weight excluding hydrogens is 624 g/mol. The Morgan fingerprint density at radius 2 is 1.62 bits per heavy atom. The molecule has 4 N–H and O–H groups in total. The standard InChI is InChI=1S/C33H30N6O7S/c40-25-6-4-24(5-7-25)34-26(41)18-37-13-8-21(9-14-37)17-38-15-10-22(30(38)43)16-23-20-47-32-28(31(44)39(32)29(23)33(45)46)35-27(42)19-36-11-2-1-3-12-36/h1-9,11-14,16,28,32H,10,15,17-20H2,(H2-2,34,35,40,41,42,45,46)/p+2. The molecule has 0 aliphatic carbocycles. The molecule has 4 amide bonds. The third kappa shape index (κ3) is 7.02. The largest absolute Gasteiger partial charge is 0.508 e. The number of carboxylic acids is 1. The quantitative estimate of drug-likeness (QED) is 0.107. The normalized spacial score (nSPS) is 19.8. The van der Waals surface area contributed by atoms with Gasteiger partial charge in [-0.05, 0) is 47.9 Å². The van der Waals surface area contributed by atoms with Crippen LogP contribution in [-0.2, 0) is 43.6 Å². The first-order valence-corrected chi connectivity index (χ1v) is 15.9. The Labute approximate surface area is 273 Å². The first kappa shape index (κ1) is 31.5. The smallest absolute Gasteiger partial charge is 0.352 e. The zero-order chi connectivity index (χ0) is 33.1. The minimum Gasteiger partial charge on any atom is -0.508 e. The average Bonchev–Trinajstić information content (AvgIpc) is 3.39. The minimum atomic E-state index is -1.27. The van der Waals surface area contributed by atoms with Crippen LogP contribution in [0.5, 0.6) is 5.75 Å². The number of benzene rings is 1. The number of phenolic OH excluding ortho intramolecular Hbond substituents is 1. The lowest BCUT2D eigenvalue weighted by molar-refractivity contribution is -0.684. The molecule has 47 heavy (non-hydrogen) atoms. The molecule has 13 nitrogen and oxygen atoms in total. The van der Waals surface area contributed by atoms with Crippen molar-refractivity contribution in [2.45, 2.75) is 37.5 Å². The van der Waals surface area contributed by atoms with Crippen molar-refractivity contribution in [1.29, 1.82) is 0 Å². The summed E-state index contributed by atoms with van der Waals surface area (Å²) in [6.07, 6.45) is 9.00. The van der Waals surface area contributed by atoms with Crippen molar-refractivity contribution in [3.8, 4) is 5.75 Å². The summed E-state index contributed by atoms with van der Waals surface area (Å²) in [6.45, 7) is 0.902. The Morgan fingerprint density at radius 1 is 0.936 bits per heavy atom. The molecule has 6 rings (SSSR count). The number of likely N-dealkylation sites (tertiary alicyclic amines) is 1. The SMILES string of the molecule is O=C(C[n+]1ccc(CN2CCC(=CC3=C(C(=O)O)N4C(=O)C(NC(=O)C[n+]5ccccc5)C4SC3)C2=O)cc1)Nc1ccc(O)cc1. The number of nitrogens with zero attached hydrogens (tertiary/aromatic N) is 4. The number of aromatic nitrogens is 2. The van der Waals surface area contributed by atoms with Gasteiger partial charge in [-0.3, -0.25) is 24.1 Å². The van der Waals surface area contributed by atoms with Crippen molar-refractivity contribution in [2.24, 2.45) is 0 Å². The Kier molecular flexibility index (Phi) is 9.02. The van der Waals surface area contributed by atoms with Gasteiger partial charge < -0.3 is 25.7 Å². The number of allylic oxidation sites excluding steroid dienone is 1. The van der Waals surface area contributed by atoms with Gasteiger partial charge in [-0.2, -0.15) is 9.13 Å². The monoisotopic (exact) mass is 656 g/mol. The van der Waals surface area contributed by atoms with E-state index >= 15 is 0 Å². The van der Waals surface area contributed by atoms with Gasteiger partial charge >= 0.3 is 5.97 Å². The van der Waals surface area contributed by atoms with Crippen molar-refractivity contribution < 1.29 is 43.3 Å². The second-order valence-corrected chi connectivity index (χ2v) is 12.4. The number of phenols is 1. The molecule has 0 spiro atoms. The van der Waals surface area contributed by atoms with E-state index in [1.807, 2.05) is 18.2 Å². The van der Waals surface area contributed by atoms with Crippen LogP contribution in [0.2, 0.25) is 0 Å². The molecule has 240 valence electrons. The Morgan fingerprint density at radius 3 is 2.32 bits per heavy atom. The van der Waals surface area contributed by atoms with Gasteiger partial charge in [-0.25, -0.2) is 4.79 Å². The van der Waals surface area contributed by atoms with E-state index in [0.29, 0.717) is 36.3 Å². The number of fused-ring (bicyclic) bond motifs is 1. The summed E-state index contributed by atoms with van der Waals surface area (Å²) in [7, 11) is 0. The van der Waals surface area contributed by atoms with Crippen LogP contribution in [0.15, 0.2) is 102 Å². The van der Waals surface area contributed by atoms with Gasteiger partial charge in [-0.1, -0.05) is 6.07 Å². The van der Waals surface area contributed by atoms with Crippen LogP contribution in [0.3, 0.4) is 0 Å². The maximum Gasteiger partial charge on any atom is 0.352 e. The number of aliphatic carboxylic acids is 1.